The monoisotopic (exact) mass is 670 g/mol. The quantitative estimate of drug-likeness (QED) is 0.294. The van der Waals surface area contributed by atoms with Gasteiger partial charge in [-0.2, -0.15) is 4.90 Å². The van der Waals surface area contributed by atoms with Gasteiger partial charge in [-0.3, -0.25) is 19.2 Å². The normalized spacial score (nSPS) is 27.7. The molecule has 12 heteroatoms. The number of hydrogen-bond acceptors (Lipinski definition) is 9. The summed E-state index contributed by atoms with van der Waals surface area (Å²) >= 11 is 6.35. The Labute approximate surface area is 280 Å². The van der Waals surface area contributed by atoms with Crippen LogP contribution in [0.5, 0.6) is 17.2 Å². The molecule has 2 aliphatic heterocycles. The molecule has 0 radical (unpaired) electrons. The number of hydrogen-bond donors (Lipinski definition) is 1. The lowest BCUT2D eigenvalue weighted by Gasteiger charge is -2.50. The van der Waals surface area contributed by atoms with E-state index in [0.717, 1.165) is 12.0 Å². The molecule has 0 spiro atoms. The van der Waals surface area contributed by atoms with Crippen LogP contribution >= 0.6 is 11.6 Å². The topological polar surface area (TPSA) is 140 Å². The number of amides is 5. The molecular weight excluding hydrogens is 640 g/mol. The zero-order valence-electron chi connectivity index (χ0n) is 26.2. The van der Waals surface area contributed by atoms with Crippen molar-refractivity contribution in [2.75, 3.05) is 26.2 Å². The van der Waals surface area contributed by atoms with Gasteiger partial charge in [-0.1, -0.05) is 59.6 Å². The first-order chi connectivity index (χ1) is 23.1. The number of likely N-dealkylation sites (tertiary alicyclic amines) is 1. The lowest BCUT2D eigenvalue weighted by molar-refractivity contribution is -0.138. The lowest BCUT2D eigenvalue weighted by Crippen LogP contribution is -2.53. The van der Waals surface area contributed by atoms with Crippen molar-refractivity contribution in [3.05, 3.63) is 94.5 Å². The molecule has 1 saturated carbocycles. The average molecular weight is 671 g/mol. The van der Waals surface area contributed by atoms with E-state index in [-0.39, 0.29) is 30.1 Å². The van der Waals surface area contributed by atoms with Gasteiger partial charge in [-0.05, 0) is 60.2 Å². The lowest BCUT2D eigenvalue weighted by atomic mass is 9.49. The van der Waals surface area contributed by atoms with E-state index >= 15 is 4.79 Å². The second-order valence-corrected chi connectivity index (χ2v) is 12.8. The molecule has 0 aromatic heterocycles. The van der Waals surface area contributed by atoms with Crippen molar-refractivity contribution < 1.29 is 43.3 Å². The van der Waals surface area contributed by atoms with E-state index in [4.69, 9.17) is 25.8 Å². The Kier molecular flexibility index (Phi) is 7.54. The predicted octanol–water partition coefficient (Wildman–Crippen LogP) is 4.99. The minimum atomic E-state index is -1.55. The van der Waals surface area contributed by atoms with Crippen molar-refractivity contribution in [2.45, 2.75) is 24.2 Å². The number of phenolic OH excluding ortho intramolecular Hbond substituents is 1. The summed E-state index contributed by atoms with van der Waals surface area (Å²) in [5.41, 5.74) is 0.464. The fourth-order valence-electron chi connectivity index (χ4n) is 8.47. The molecule has 2 aliphatic carbocycles. The highest BCUT2D eigenvalue weighted by molar-refractivity contribution is 6.32. The Morgan fingerprint density at radius 1 is 0.875 bits per heavy atom. The number of anilines is 1. The van der Waals surface area contributed by atoms with Crippen LogP contribution in [-0.4, -0.2) is 61.1 Å². The van der Waals surface area contributed by atoms with Crippen LogP contribution in [0.3, 0.4) is 0 Å². The number of imide groups is 4. The first kappa shape index (κ1) is 31.4. The third-order valence-electron chi connectivity index (χ3n) is 10.4. The smallest absolute Gasteiger partial charge is 0.423 e. The molecule has 2 heterocycles. The molecule has 5 amide bonds. The van der Waals surface area contributed by atoms with E-state index < -0.39 is 64.7 Å². The summed E-state index contributed by atoms with van der Waals surface area (Å²) in [6, 6.07) is 18.7. The fraction of sp³-hybridized carbons (Fsp3) is 0.306. The molecule has 246 valence electrons. The molecule has 0 unspecified atom stereocenters. The number of carbonyl (C=O) groups is 5. The molecule has 11 nitrogen and oxygen atoms in total. The number of methoxy groups -OCH3 is 3. The number of rotatable bonds is 5. The molecule has 2 saturated heterocycles. The number of fused-ring (bicyclic) bond motifs is 4. The average Bonchev–Trinajstić information content (AvgIpc) is 3.49. The third-order valence-corrected chi connectivity index (χ3v) is 10.6. The van der Waals surface area contributed by atoms with E-state index in [1.807, 2.05) is 12.1 Å². The van der Waals surface area contributed by atoms with Gasteiger partial charge < -0.3 is 19.3 Å². The van der Waals surface area contributed by atoms with Crippen LogP contribution in [0.15, 0.2) is 78.4 Å². The van der Waals surface area contributed by atoms with Crippen molar-refractivity contribution in [3.8, 4) is 17.2 Å². The number of aromatic hydroxyl groups is 1. The summed E-state index contributed by atoms with van der Waals surface area (Å²) in [4.78, 5) is 71.7. The Bertz CT molecular complexity index is 1900. The van der Waals surface area contributed by atoms with Gasteiger partial charge in [0.2, 0.25) is 29.4 Å². The van der Waals surface area contributed by atoms with E-state index in [9.17, 15) is 24.3 Å². The van der Waals surface area contributed by atoms with Crippen LogP contribution in [0, 0.1) is 23.7 Å². The summed E-state index contributed by atoms with van der Waals surface area (Å²) in [6.45, 7) is 0. The minimum Gasteiger partial charge on any atom is -0.502 e. The fourth-order valence-corrected chi connectivity index (χ4v) is 8.65. The summed E-state index contributed by atoms with van der Waals surface area (Å²) in [5.74, 6) is -6.89. The molecule has 1 N–H and O–H groups in total. The molecule has 48 heavy (non-hydrogen) atoms. The SMILES string of the molecule is COC(=O)N1C(=O)[C@H]2[C@H](CC=C3[C@H]2C[C@H]2C(=O)N(c4cccc(Cl)c4)C(=O)[C@@]2(c2ccccc2)[C@H]3c2cc(OC)c(O)c(OC)c2)C1=O. The molecule has 6 atom stereocenters. The van der Waals surface area contributed by atoms with Gasteiger partial charge in [0.1, 0.15) is 0 Å². The van der Waals surface area contributed by atoms with E-state index in [1.54, 1.807) is 60.7 Å². The Morgan fingerprint density at radius 2 is 1.56 bits per heavy atom. The van der Waals surface area contributed by atoms with Crippen LogP contribution < -0.4 is 14.4 Å². The van der Waals surface area contributed by atoms with Crippen LogP contribution in [0.1, 0.15) is 29.9 Å². The van der Waals surface area contributed by atoms with Crippen molar-refractivity contribution in [1.82, 2.24) is 4.90 Å². The highest BCUT2D eigenvalue weighted by Gasteiger charge is 2.70. The standard InChI is InChI=1S/C36H31ClN2O9/c1-46-26-14-18(15-27(47-2)30(26)40)29-22-12-13-23-28(33(43)39(31(23)41)35(45)48-3)24(22)17-25-32(42)38(21-11-7-10-20(37)16-21)34(44)36(25,29)19-8-5-4-6-9-19/h4-12,14-16,23-25,28-29,40H,13,17H2,1-3H3/t23-,24+,25-,28-,29-,36+/m0/s1. The Hall–Kier alpha value is -5.16. The van der Waals surface area contributed by atoms with E-state index in [0.29, 0.717) is 32.3 Å². The van der Waals surface area contributed by atoms with Gasteiger partial charge >= 0.3 is 6.09 Å². The minimum absolute atomic E-state index is 0.0421. The molecule has 3 aromatic rings. The maximum absolute atomic E-state index is 15.3. The Balaban J connectivity index is 1.52. The second-order valence-electron chi connectivity index (χ2n) is 12.3. The van der Waals surface area contributed by atoms with Gasteiger partial charge in [0.05, 0.1) is 50.2 Å². The molecule has 0 bridgehead atoms. The molecule has 3 fully saturated rings. The van der Waals surface area contributed by atoms with Gasteiger partial charge in [-0.25, -0.2) is 9.69 Å². The van der Waals surface area contributed by atoms with E-state index in [2.05, 4.69) is 0 Å². The largest absolute Gasteiger partial charge is 0.502 e. The third kappa shape index (κ3) is 4.23. The molecule has 3 aromatic carbocycles. The number of halogens is 1. The first-order valence-electron chi connectivity index (χ1n) is 15.4. The number of carbonyl (C=O) groups excluding carboxylic acids is 5. The highest BCUT2D eigenvalue weighted by atomic mass is 35.5. The van der Waals surface area contributed by atoms with Crippen LogP contribution in [-0.2, 0) is 29.3 Å². The molecule has 7 rings (SSSR count). The van der Waals surface area contributed by atoms with E-state index in [1.165, 1.54) is 14.2 Å². The predicted molar refractivity (Wildman–Crippen MR) is 172 cm³/mol. The molecular formula is C36H31ClN2O9. The van der Waals surface area contributed by atoms with Gasteiger partial charge in [0, 0.05) is 10.9 Å². The van der Waals surface area contributed by atoms with Crippen LogP contribution in [0.2, 0.25) is 5.02 Å². The zero-order valence-corrected chi connectivity index (χ0v) is 27.0. The van der Waals surface area contributed by atoms with Gasteiger partial charge in [0.25, 0.3) is 0 Å². The number of nitrogens with zero attached hydrogens (tertiary/aromatic N) is 2. The molecule has 4 aliphatic rings. The van der Waals surface area contributed by atoms with Crippen molar-refractivity contribution in [3.63, 3.8) is 0 Å². The Morgan fingerprint density at radius 3 is 2.19 bits per heavy atom. The van der Waals surface area contributed by atoms with Gasteiger partial charge in [-0.15, -0.1) is 0 Å². The first-order valence-corrected chi connectivity index (χ1v) is 15.8. The zero-order chi connectivity index (χ0) is 34.1. The number of allylic oxidation sites excluding steroid dienone is 2. The van der Waals surface area contributed by atoms with Crippen molar-refractivity contribution in [2.24, 2.45) is 23.7 Å². The summed E-state index contributed by atoms with van der Waals surface area (Å²) in [7, 11) is 3.87. The second kappa shape index (κ2) is 11.5. The number of benzene rings is 3. The van der Waals surface area contributed by atoms with Crippen molar-refractivity contribution >= 4 is 47.0 Å². The summed E-state index contributed by atoms with van der Waals surface area (Å²) in [6.07, 6.45) is 0.946. The highest BCUT2D eigenvalue weighted by Crippen LogP contribution is 2.65. The van der Waals surface area contributed by atoms with Gasteiger partial charge in [0.15, 0.2) is 11.5 Å². The van der Waals surface area contributed by atoms with Crippen LogP contribution in [0.4, 0.5) is 10.5 Å². The summed E-state index contributed by atoms with van der Waals surface area (Å²) in [5, 5.41) is 11.2. The van der Waals surface area contributed by atoms with Crippen LogP contribution in [0.25, 0.3) is 0 Å². The maximum Gasteiger partial charge on any atom is 0.423 e. The number of phenols is 1. The summed E-state index contributed by atoms with van der Waals surface area (Å²) < 4.78 is 15.8. The van der Waals surface area contributed by atoms with Crippen molar-refractivity contribution in [1.29, 1.82) is 0 Å². The number of ether oxygens (including phenoxy) is 3. The maximum atomic E-state index is 15.3.